The molecule has 7 heteroatoms. The molecule has 1 fully saturated rings. The molecule has 1 aliphatic heterocycles. The van der Waals surface area contributed by atoms with Crippen molar-refractivity contribution in [1.29, 1.82) is 0 Å². The number of halogens is 1. The van der Waals surface area contributed by atoms with Crippen molar-refractivity contribution in [2.45, 2.75) is 6.42 Å². The molecule has 1 saturated heterocycles. The van der Waals surface area contributed by atoms with Crippen molar-refractivity contribution >= 4 is 34.3 Å². The lowest BCUT2D eigenvalue weighted by Gasteiger charge is -2.34. The molecule has 0 atom stereocenters. The van der Waals surface area contributed by atoms with E-state index in [1.807, 2.05) is 29.3 Å². The molecule has 6 nitrogen and oxygen atoms in total. The summed E-state index contributed by atoms with van der Waals surface area (Å²) < 4.78 is 0. The second-order valence-electron chi connectivity index (χ2n) is 6.57. The van der Waals surface area contributed by atoms with Gasteiger partial charge in [0.1, 0.15) is 5.69 Å². The van der Waals surface area contributed by atoms with Crippen LogP contribution in [0.1, 0.15) is 16.1 Å². The molecule has 0 unspecified atom stereocenters. The Labute approximate surface area is 161 Å². The largest absolute Gasteiger partial charge is 0.361 e. The zero-order chi connectivity index (χ0) is 18.8. The van der Waals surface area contributed by atoms with Crippen LogP contribution in [0, 0.1) is 0 Å². The number of rotatable bonds is 3. The fraction of sp³-hybridized carbons (Fsp3) is 0.250. The second-order valence-corrected chi connectivity index (χ2v) is 7.00. The molecule has 1 aliphatic rings. The van der Waals surface area contributed by atoms with E-state index in [1.165, 1.54) is 0 Å². The van der Waals surface area contributed by atoms with Crippen LogP contribution in [0.15, 0.2) is 48.8 Å². The molecule has 2 amide bonds. The summed E-state index contributed by atoms with van der Waals surface area (Å²) in [6, 6.07) is 10.9. The van der Waals surface area contributed by atoms with Crippen LogP contribution in [0.3, 0.4) is 0 Å². The Morgan fingerprint density at radius 3 is 2.59 bits per heavy atom. The average molecular weight is 383 g/mol. The van der Waals surface area contributed by atoms with Crippen LogP contribution in [0.4, 0.5) is 0 Å². The fourth-order valence-electron chi connectivity index (χ4n) is 3.38. The Bertz CT molecular complexity index is 978. The number of pyridine rings is 1. The van der Waals surface area contributed by atoms with Gasteiger partial charge in [0.2, 0.25) is 5.91 Å². The van der Waals surface area contributed by atoms with Gasteiger partial charge in [-0.15, -0.1) is 0 Å². The topological polar surface area (TPSA) is 69.3 Å². The number of nitrogens with zero attached hydrogens (tertiary/aromatic N) is 3. The molecule has 0 radical (unpaired) electrons. The number of aromatic nitrogens is 2. The van der Waals surface area contributed by atoms with Crippen LogP contribution in [-0.2, 0) is 11.2 Å². The number of nitrogens with one attached hydrogen (secondary N) is 1. The van der Waals surface area contributed by atoms with Gasteiger partial charge in [-0.25, -0.2) is 0 Å². The maximum absolute atomic E-state index is 12.7. The Morgan fingerprint density at radius 2 is 1.85 bits per heavy atom. The van der Waals surface area contributed by atoms with Gasteiger partial charge in [0, 0.05) is 54.5 Å². The van der Waals surface area contributed by atoms with E-state index >= 15 is 0 Å². The third kappa shape index (κ3) is 3.66. The van der Waals surface area contributed by atoms with E-state index in [0.717, 1.165) is 16.5 Å². The molecule has 27 heavy (non-hydrogen) atoms. The van der Waals surface area contributed by atoms with E-state index in [1.54, 1.807) is 29.3 Å². The minimum Gasteiger partial charge on any atom is -0.361 e. The first-order valence-corrected chi connectivity index (χ1v) is 9.23. The van der Waals surface area contributed by atoms with Crippen molar-refractivity contribution in [3.63, 3.8) is 0 Å². The number of piperazine rings is 1. The number of aromatic amines is 1. The molecule has 2 aromatic heterocycles. The molecule has 1 N–H and O–H groups in total. The number of fused-ring (bicyclic) bond motifs is 1. The number of carbonyl (C=O) groups excluding carboxylic acids is 2. The van der Waals surface area contributed by atoms with Crippen molar-refractivity contribution in [2.75, 3.05) is 26.2 Å². The summed E-state index contributed by atoms with van der Waals surface area (Å²) >= 11 is 6.08. The number of hydrogen-bond donors (Lipinski definition) is 1. The molecular weight excluding hydrogens is 364 g/mol. The van der Waals surface area contributed by atoms with Gasteiger partial charge >= 0.3 is 0 Å². The molecule has 0 spiro atoms. The molecule has 0 aliphatic carbocycles. The standard InChI is InChI=1S/C20H19ClN4O2/c21-15-4-5-17-16(12-15)14(13-23-17)11-19(26)24-7-9-25(10-8-24)20(27)18-3-1-2-6-22-18/h1-6,12-13,23H,7-11H2. The number of carbonyl (C=O) groups is 2. The van der Waals surface area contributed by atoms with Crippen molar-refractivity contribution in [2.24, 2.45) is 0 Å². The highest BCUT2D eigenvalue weighted by Crippen LogP contribution is 2.23. The highest BCUT2D eigenvalue weighted by Gasteiger charge is 2.25. The molecule has 138 valence electrons. The van der Waals surface area contributed by atoms with Gasteiger partial charge in [0.05, 0.1) is 6.42 Å². The highest BCUT2D eigenvalue weighted by molar-refractivity contribution is 6.31. The van der Waals surface area contributed by atoms with E-state index in [2.05, 4.69) is 9.97 Å². The average Bonchev–Trinajstić information content (AvgIpc) is 3.10. The van der Waals surface area contributed by atoms with E-state index in [9.17, 15) is 9.59 Å². The Hall–Kier alpha value is -2.86. The van der Waals surface area contributed by atoms with Crippen LogP contribution < -0.4 is 0 Å². The third-order valence-corrected chi connectivity index (χ3v) is 5.11. The van der Waals surface area contributed by atoms with Crippen LogP contribution in [-0.4, -0.2) is 57.8 Å². The van der Waals surface area contributed by atoms with Gasteiger partial charge in [-0.2, -0.15) is 0 Å². The summed E-state index contributed by atoms with van der Waals surface area (Å²) in [5.41, 5.74) is 2.34. The molecule has 0 bridgehead atoms. The highest BCUT2D eigenvalue weighted by atomic mass is 35.5. The molecule has 0 saturated carbocycles. The van der Waals surface area contributed by atoms with Gasteiger partial charge in [0.25, 0.3) is 5.91 Å². The SMILES string of the molecule is O=C(Cc1c[nH]c2ccc(Cl)cc12)N1CCN(C(=O)c2ccccn2)CC1. The number of amides is 2. The van der Waals surface area contributed by atoms with Crippen LogP contribution in [0.25, 0.3) is 10.9 Å². The zero-order valence-electron chi connectivity index (χ0n) is 14.7. The number of benzene rings is 1. The zero-order valence-corrected chi connectivity index (χ0v) is 15.4. The fourth-order valence-corrected chi connectivity index (χ4v) is 3.55. The minimum absolute atomic E-state index is 0.0563. The maximum atomic E-state index is 12.7. The molecule has 4 rings (SSSR count). The van der Waals surface area contributed by atoms with Gasteiger partial charge in [-0.05, 0) is 35.9 Å². The minimum atomic E-state index is -0.0889. The van der Waals surface area contributed by atoms with Gasteiger partial charge < -0.3 is 14.8 Å². The van der Waals surface area contributed by atoms with Crippen molar-refractivity contribution in [1.82, 2.24) is 19.8 Å². The van der Waals surface area contributed by atoms with E-state index in [0.29, 0.717) is 43.3 Å². The molecule has 1 aromatic carbocycles. The third-order valence-electron chi connectivity index (χ3n) is 4.87. The van der Waals surface area contributed by atoms with Crippen LogP contribution in [0.5, 0.6) is 0 Å². The summed E-state index contributed by atoms with van der Waals surface area (Å²) in [5.74, 6) is -0.0326. The lowest BCUT2D eigenvalue weighted by Crippen LogP contribution is -2.51. The van der Waals surface area contributed by atoms with E-state index in [4.69, 9.17) is 11.6 Å². The van der Waals surface area contributed by atoms with E-state index < -0.39 is 0 Å². The number of H-pyrrole nitrogens is 1. The predicted molar refractivity (Wildman–Crippen MR) is 104 cm³/mol. The maximum Gasteiger partial charge on any atom is 0.272 e. The van der Waals surface area contributed by atoms with Crippen molar-refractivity contribution in [3.8, 4) is 0 Å². The van der Waals surface area contributed by atoms with Gasteiger partial charge in [0.15, 0.2) is 0 Å². The first kappa shape index (κ1) is 17.5. The van der Waals surface area contributed by atoms with Gasteiger partial charge in [-0.3, -0.25) is 14.6 Å². The van der Waals surface area contributed by atoms with E-state index in [-0.39, 0.29) is 11.8 Å². The first-order valence-electron chi connectivity index (χ1n) is 8.85. The smallest absolute Gasteiger partial charge is 0.272 e. The van der Waals surface area contributed by atoms with Crippen LogP contribution in [0.2, 0.25) is 5.02 Å². The number of hydrogen-bond acceptors (Lipinski definition) is 3. The first-order chi connectivity index (χ1) is 13.1. The summed E-state index contributed by atoms with van der Waals surface area (Å²) in [4.78, 5) is 36.0. The lowest BCUT2D eigenvalue weighted by molar-refractivity contribution is -0.131. The summed E-state index contributed by atoms with van der Waals surface area (Å²) in [7, 11) is 0. The van der Waals surface area contributed by atoms with Gasteiger partial charge in [-0.1, -0.05) is 17.7 Å². The Morgan fingerprint density at radius 1 is 1.07 bits per heavy atom. The quantitative estimate of drug-likeness (QED) is 0.757. The molecule has 3 heterocycles. The summed E-state index contributed by atoms with van der Waals surface area (Å²) in [5, 5.41) is 1.62. The predicted octanol–water partition coefficient (Wildman–Crippen LogP) is 2.74. The normalized spacial score (nSPS) is 14.6. The second kappa shape index (κ2) is 7.40. The van der Waals surface area contributed by atoms with Crippen LogP contribution >= 0.6 is 11.6 Å². The summed E-state index contributed by atoms with van der Waals surface area (Å²) in [6.45, 7) is 2.09. The lowest BCUT2D eigenvalue weighted by atomic mass is 10.1. The Balaban J connectivity index is 1.38. The molecule has 3 aromatic rings. The molecular formula is C20H19ClN4O2. The Kier molecular flexibility index (Phi) is 4.81. The summed E-state index contributed by atoms with van der Waals surface area (Å²) in [6.07, 6.45) is 3.79. The monoisotopic (exact) mass is 382 g/mol. The van der Waals surface area contributed by atoms with Crippen molar-refractivity contribution in [3.05, 3.63) is 65.1 Å². The van der Waals surface area contributed by atoms with Crippen molar-refractivity contribution < 1.29 is 9.59 Å².